The first-order valence-corrected chi connectivity index (χ1v) is 7.32. The smallest absolute Gasteiger partial charge is 0.253 e. The van der Waals surface area contributed by atoms with Gasteiger partial charge in [0.1, 0.15) is 5.82 Å². The first kappa shape index (κ1) is 14.9. The average Bonchev–Trinajstić information content (AvgIpc) is 3.00. The van der Waals surface area contributed by atoms with E-state index in [1.807, 2.05) is 13.0 Å². The van der Waals surface area contributed by atoms with Crippen molar-refractivity contribution in [3.05, 3.63) is 47.4 Å². The van der Waals surface area contributed by atoms with Crippen LogP contribution in [0.3, 0.4) is 0 Å². The zero-order valence-corrected chi connectivity index (χ0v) is 12.7. The van der Waals surface area contributed by atoms with Crippen LogP contribution in [-0.2, 0) is 0 Å². The summed E-state index contributed by atoms with van der Waals surface area (Å²) in [4.78, 5) is 6.71. The lowest BCUT2D eigenvalue weighted by atomic mass is 10.1. The van der Waals surface area contributed by atoms with Crippen LogP contribution in [-0.4, -0.2) is 41.7 Å². The summed E-state index contributed by atoms with van der Waals surface area (Å²) in [7, 11) is 2.06. The SMILES string of the molecule is C/C(=C\c1ccc(F)cc1)c1nc(C2CNCCN2C)no1. The number of hydrogen-bond donors (Lipinski definition) is 1. The van der Waals surface area contributed by atoms with Crippen molar-refractivity contribution in [2.45, 2.75) is 13.0 Å². The summed E-state index contributed by atoms with van der Waals surface area (Å²) in [5.41, 5.74) is 1.76. The summed E-state index contributed by atoms with van der Waals surface area (Å²) in [6.07, 6.45) is 1.90. The molecule has 0 spiro atoms. The fraction of sp³-hybridized carbons (Fsp3) is 0.375. The van der Waals surface area contributed by atoms with Crippen molar-refractivity contribution >= 4 is 11.6 Å². The second-order valence-corrected chi connectivity index (χ2v) is 5.54. The summed E-state index contributed by atoms with van der Waals surface area (Å²) >= 11 is 0. The molecule has 0 saturated carbocycles. The Bertz CT molecular complexity index is 665. The van der Waals surface area contributed by atoms with Gasteiger partial charge in [-0.15, -0.1) is 0 Å². The fourth-order valence-electron chi connectivity index (χ4n) is 2.50. The van der Waals surface area contributed by atoms with Crippen LogP contribution in [0.4, 0.5) is 4.39 Å². The fourth-order valence-corrected chi connectivity index (χ4v) is 2.50. The molecule has 1 aromatic carbocycles. The largest absolute Gasteiger partial charge is 0.334 e. The van der Waals surface area contributed by atoms with E-state index in [2.05, 4.69) is 27.4 Å². The molecule has 0 bridgehead atoms. The van der Waals surface area contributed by atoms with Gasteiger partial charge < -0.3 is 9.84 Å². The van der Waals surface area contributed by atoms with Crippen molar-refractivity contribution in [1.29, 1.82) is 0 Å². The minimum absolute atomic E-state index is 0.130. The molecule has 1 N–H and O–H groups in total. The Balaban J connectivity index is 1.79. The van der Waals surface area contributed by atoms with E-state index < -0.39 is 0 Å². The van der Waals surface area contributed by atoms with Crippen molar-refractivity contribution in [1.82, 2.24) is 20.4 Å². The van der Waals surface area contributed by atoms with E-state index in [0.29, 0.717) is 11.7 Å². The van der Waals surface area contributed by atoms with Crippen LogP contribution in [0.2, 0.25) is 0 Å². The van der Waals surface area contributed by atoms with E-state index in [9.17, 15) is 4.39 Å². The molecular formula is C16H19FN4O. The van der Waals surface area contributed by atoms with Gasteiger partial charge in [-0.05, 0) is 37.7 Å². The molecule has 0 aliphatic carbocycles. The lowest BCUT2D eigenvalue weighted by Gasteiger charge is -2.30. The van der Waals surface area contributed by atoms with Gasteiger partial charge in [-0.3, -0.25) is 4.90 Å². The van der Waals surface area contributed by atoms with Gasteiger partial charge in [0.15, 0.2) is 5.82 Å². The number of hydrogen-bond acceptors (Lipinski definition) is 5. The van der Waals surface area contributed by atoms with Gasteiger partial charge in [0.25, 0.3) is 5.89 Å². The number of nitrogens with zero attached hydrogens (tertiary/aromatic N) is 3. The number of benzene rings is 1. The standard InChI is InChI=1S/C16H19FN4O/c1-11(9-12-3-5-13(17)6-4-12)16-19-15(20-22-16)14-10-18-7-8-21(14)2/h3-6,9,14,18H,7-8,10H2,1-2H3/b11-9+. The number of rotatable bonds is 3. The van der Waals surface area contributed by atoms with Crippen molar-refractivity contribution in [2.24, 2.45) is 0 Å². The molecule has 5 nitrogen and oxygen atoms in total. The molecule has 1 fully saturated rings. The second kappa shape index (κ2) is 6.37. The lowest BCUT2D eigenvalue weighted by molar-refractivity contribution is 0.190. The van der Waals surface area contributed by atoms with Gasteiger partial charge in [-0.25, -0.2) is 4.39 Å². The number of allylic oxidation sites excluding steroid dienone is 1. The number of likely N-dealkylation sites (N-methyl/N-ethyl adjacent to an activating group) is 1. The van der Waals surface area contributed by atoms with E-state index >= 15 is 0 Å². The van der Waals surface area contributed by atoms with Crippen LogP contribution < -0.4 is 5.32 Å². The van der Waals surface area contributed by atoms with E-state index in [0.717, 1.165) is 30.8 Å². The highest BCUT2D eigenvalue weighted by Crippen LogP contribution is 2.21. The summed E-state index contributed by atoms with van der Waals surface area (Å²) in [6, 6.07) is 6.43. The molecule has 3 rings (SSSR count). The van der Waals surface area contributed by atoms with Crippen molar-refractivity contribution in [3.8, 4) is 0 Å². The normalized spacial score (nSPS) is 20.3. The maximum atomic E-state index is 12.9. The van der Waals surface area contributed by atoms with Gasteiger partial charge in [-0.1, -0.05) is 17.3 Å². The highest BCUT2D eigenvalue weighted by atomic mass is 19.1. The van der Waals surface area contributed by atoms with Crippen LogP contribution in [0.1, 0.15) is 30.2 Å². The van der Waals surface area contributed by atoms with Gasteiger partial charge in [-0.2, -0.15) is 4.98 Å². The molecule has 2 heterocycles. The molecule has 22 heavy (non-hydrogen) atoms. The monoisotopic (exact) mass is 302 g/mol. The van der Waals surface area contributed by atoms with E-state index in [4.69, 9.17) is 4.52 Å². The summed E-state index contributed by atoms with van der Waals surface area (Å²) in [6.45, 7) is 4.65. The van der Waals surface area contributed by atoms with E-state index in [1.54, 1.807) is 12.1 Å². The quantitative estimate of drug-likeness (QED) is 0.943. The van der Waals surface area contributed by atoms with Crippen LogP contribution in [0.15, 0.2) is 28.8 Å². The average molecular weight is 302 g/mol. The minimum atomic E-state index is -0.247. The number of piperazine rings is 1. The second-order valence-electron chi connectivity index (χ2n) is 5.54. The van der Waals surface area contributed by atoms with Gasteiger partial charge in [0.05, 0.1) is 6.04 Å². The van der Waals surface area contributed by atoms with Crippen LogP contribution >= 0.6 is 0 Å². The zero-order chi connectivity index (χ0) is 15.5. The lowest BCUT2D eigenvalue weighted by Crippen LogP contribution is -2.44. The molecule has 6 heteroatoms. The van der Waals surface area contributed by atoms with E-state index in [1.165, 1.54) is 12.1 Å². The predicted octanol–water partition coefficient (Wildman–Crippen LogP) is 2.35. The van der Waals surface area contributed by atoms with Crippen molar-refractivity contribution in [2.75, 3.05) is 26.7 Å². The Morgan fingerprint density at radius 2 is 2.18 bits per heavy atom. The number of nitrogens with one attached hydrogen (secondary N) is 1. The van der Waals surface area contributed by atoms with Gasteiger partial charge in [0.2, 0.25) is 0 Å². The number of halogens is 1. The third kappa shape index (κ3) is 3.23. The summed E-state index contributed by atoms with van der Waals surface area (Å²) < 4.78 is 18.3. The Morgan fingerprint density at radius 1 is 1.41 bits per heavy atom. The van der Waals surface area contributed by atoms with Crippen molar-refractivity contribution < 1.29 is 8.91 Å². The summed E-state index contributed by atoms with van der Waals surface area (Å²) in [5, 5.41) is 7.43. The molecule has 2 aromatic rings. The number of aromatic nitrogens is 2. The first-order chi connectivity index (χ1) is 10.6. The maximum Gasteiger partial charge on any atom is 0.253 e. The van der Waals surface area contributed by atoms with Gasteiger partial charge in [0, 0.05) is 25.2 Å². The Labute approximate surface area is 128 Å². The molecule has 1 unspecified atom stereocenters. The summed E-state index contributed by atoms with van der Waals surface area (Å²) in [5.74, 6) is 0.942. The molecule has 1 aliphatic rings. The third-order valence-electron chi connectivity index (χ3n) is 3.84. The first-order valence-electron chi connectivity index (χ1n) is 7.32. The highest BCUT2D eigenvalue weighted by Gasteiger charge is 2.25. The third-order valence-corrected chi connectivity index (χ3v) is 3.84. The topological polar surface area (TPSA) is 54.2 Å². The molecule has 1 aliphatic heterocycles. The van der Waals surface area contributed by atoms with Crippen molar-refractivity contribution in [3.63, 3.8) is 0 Å². The van der Waals surface area contributed by atoms with E-state index in [-0.39, 0.29) is 11.9 Å². The van der Waals surface area contributed by atoms with Crippen LogP contribution in [0.25, 0.3) is 11.6 Å². The Kier molecular flexibility index (Phi) is 4.31. The molecule has 0 radical (unpaired) electrons. The maximum absolute atomic E-state index is 12.9. The highest BCUT2D eigenvalue weighted by molar-refractivity contribution is 5.76. The molecule has 116 valence electrons. The molecule has 0 amide bonds. The molecule has 1 saturated heterocycles. The molecule has 1 atom stereocenters. The molecule has 1 aromatic heterocycles. The Morgan fingerprint density at radius 3 is 2.91 bits per heavy atom. The minimum Gasteiger partial charge on any atom is -0.334 e. The van der Waals surface area contributed by atoms with Crippen LogP contribution in [0.5, 0.6) is 0 Å². The zero-order valence-electron chi connectivity index (χ0n) is 12.7. The predicted molar refractivity (Wildman–Crippen MR) is 82.5 cm³/mol. The van der Waals surface area contributed by atoms with Gasteiger partial charge >= 0.3 is 0 Å². The Hall–Kier alpha value is -2.05. The molecular weight excluding hydrogens is 283 g/mol. The van der Waals surface area contributed by atoms with Crippen LogP contribution in [0, 0.1) is 5.82 Å².